The zero-order valence-corrected chi connectivity index (χ0v) is 11.9. The van der Waals surface area contributed by atoms with Crippen molar-refractivity contribution >= 4 is 22.7 Å². The van der Waals surface area contributed by atoms with Gasteiger partial charge in [0.1, 0.15) is 5.75 Å². The van der Waals surface area contributed by atoms with Crippen LogP contribution < -0.4 is 15.8 Å². The Balaban J connectivity index is 1.62. The molecule has 3 rings (SSSR count). The van der Waals surface area contributed by atoms with E-state index in [0.717, 1.165) is 5.56 Å². The van der Waals surface area contributed by atoms with Crippen LogP contribution in [0, 0.1) is 6.92 Å². The van der Waals surface area contributed by atoms with E-state index in [0.29, 0.717) is 22.5 Å². The number of carbonyl (C=O) groups excluding carboxylic acids is 1. The lowest BCUT2D eigenvalue weighted by molar-refractivity contribution is -0.118. The molecule has 0 aliphatic carbocycles. The van der Waals surface area contributed by atoms with E-state index in [1.165, 1.54) is 0 Å². The number of benzene rings is 2. The number of hydrogen-bond acceptors (Lipinski definition) is 4. The second-order valence-corrected chi connectivity index (χ2v) is 4.88. The largest absolute Gasteiger partial charge is 0.484 e. The quantitative estimate of drug-likeness (QED) is 0.775. The molecule has 1 amide bonds. The highest BCUT2D eigenvalue weighted by Crippen LogP contribution is 2.16. The summed E-state index contributed by atoms with van der Waals surface area (Å²) in [5.74, 6) is -0.188. The zero-order valence-electron chi connectivity index (χ0n) is 11.9. The van der Waals surface area contributed by atoms with Gasteiger partial charge in [-0.2, -0.15) is 0 Å². The summed E-state index contributed by atoms with van der Waals surface area (Å²) in [6.07, 6.45) is 0. The first kappa shape index (κ1) is 13.9. The average molecular weight is 298 g/mol. The van der Waals surface area contributed by atoms with E-state index in [2.05, 4.69) is 10.3 Å². The zero-order chi connectivity index (χ0) is 15.5. The Hall–Kier alpha value is -3.02. The number of aromatic nitrogens is 1. The van der Waals surface area contributed by atoms with Crippen molar-refractivity contribution in [2.45, 2.75) is 6.92 Å². The standard InChI is InChI=1S/C16H14N2O4/c1-10-2-5-12(6-3-10)21-9-15(19)17-11-4-7-13-14(8-11)22-16(20)18-13/h2-8H,9H2,1H3,(H,17,19)(H,18,20). The monoisotopic (exact) mass is 298 g/mol. The smallest absolute Gasteiger partial charge is 0.417 e. The molecule has 0 bridgehead atoms. The van der Waals surface area contributed by atoms with Gasteiger partial charge >= 0.3 is 5.76 Å². The van der Waals surface area contributed by atoms with Gasteiger partial charge in [-0.05, 0) is 31.2 Å². The summed E-state index contributed by atoms with van der Waals surface area (Å²) < 4.78 is 10.3. The number of H-pyrrole nitrogens is 1. The number of ether oxygens (including phenoxy) is 1. The van der Waals surface area contributed by atoms with E-state index in [9.17, 15) is 9.59 Å². The minimum absolute atomic E-state index is 0.0990. The van der Waals surface area contributed by atoms with Crippen molar-refractivity contribution in [1.82, 2.24) is 4.98 Å². The SMILES string of the molecule is Cc1ccc(OCC(=O)Nc2ccc3[nH]c(=O)oc3c2)cc1. The molecule has 1 heterocycles. The van der Waals surface area contributed by atoms with Gasteiger partial charge in [0.05, 0.1) is 5.52 Å². The molecule has 0 atom stereocenters. The van der Waals surface area contributed by atoms with Crippen LogP contribution in [0.5, 0.6) is 5.75 Å². The summed E-state index contributed by atoms with van der Waals surface area (Å²) in [5, 5.41) is 2.69. The van der Waals surface area contributed by atoms with Crippen LogP contribution in [-0.2, 0) is 4.79 Å². The highest BCUT2D eigenvalue weighted by molar-refractivity contribution is 5.93. The number of carbonyl (C=O) groups is 1. The second kappa shape index (κ2) is 5.77. The van der Waals surface area contributed by atoms with Crippen molar-refractivity contribution in [3.8, 4) is 5.75 Å². The van der Waals surface area contributed by atoms with Crippen molar-refractivity contribution in [1.29, 1.82) is 0 Å². The molecule has 6 heteroatoms. The Labute approximate surface area is 125 Å². The van der Waals surface area contributed by atoms with Crippen molar-refractivity contribution in [2.75, 3.05) is 11.9 Å². The maximum absolute atomic E-state index is 11.9. The number of nitrogens with one attached hydrogen (secondary N) is 2. The van der Waals surface area contributed by atoms with E-state index in [4.69, 9.17) is 9.15 Å². The van der Waals surface area contributed by atoms with Gasteiger partial charge in [0.2, 0.25) is 0 Å². The third-order valence-corrected chi connectivity index (χ3v) is 3.10. The summed E-state index contributed by atoms with van der Waals surface area (Å²) in [6, 6.07) is 12.4. The van der Waals surface area contributed by atoms with Gasteiger partial charge in [-0.25, -0.2) is 4.79 Å². The Kier molecular flexibility index (Phi) is 3.65. The van der Waals surface area contributed by atoms with E-state index in [-0.39, 0.29) is 12.5 Å². The topological polar surface area (TPSA) is 84.3 Å². The van der Waals surface area contributed by atoms with Crippen LogP contribution in [0.2, 0.25) is 0 Å². The maximum Gasteiger partial charge on any atom is 0.417 e. The number of oxazole rings is 1. The fourth-order valence-electron chi connectivity index (χ4n) is 2.00. The van der Waals surface area contributed by atoms with Crippen LogP contribution in [0.4, 0.5) is 5.69 Å². The van der Waals surface area contributed by atoms with Crippen LogP contribution in [0.3, 0.4) is 0 Å². The van der Waals surface area contributed by atoms with Crippen molar-refractivity contribution < 1.29 is 13.9 Å². The van der Waals surface area contributed by atoms with E-state index >= 15 is 0 Å². The van der Waals surface area contributed by atoms with Crippen molar-refractivity contribution in [2.24, 2.45) is 0 Å². The molecule has 1 aromatic heterocycles. The predicted molar refractivity (Wildman–Crippen MR) is 82.1 cm³/mol. The van der Waals surface area contributed by atoms with Gasteiger partial charge in [0.15, 0.2) is 12.2 Å². The molecular formula is C16H14N2O4. The van der Waals surface area contributed by atoms with Crippen LogP contribution in [0.1, 0.15) is 5.56 Å². The van der Waals surface area contributed by atoms with Gasteiger partial charge in [-0.1, -0.05) is 17.7 Å². The predicted octanol–water partition coefficient (Wildman–Crippen LogP) is 2.45. The highest BCUT2D eigenvalue weighted by Gasteiger charge is 2.06. The van der Waals surface area contributed by atoms with Gasteiger partial charge in [-0.15, -0.1) is 0 Å². The molecule has 3 aromatic rings. The molecule has 6 nitrogen and oxygen atoms in total. The highest BCUT2D eigenvalue weighted by atomic mass is 16.5. The second-order valence-electron chi connectivity index (χ2n) is 4.88. The van der Waals surface area contributed by atoms with Gasteiger partial charge < -0.3 is 14.5 Å². The van der Waals surface area contributed by atoms with Crippen LogP contribution in [0.25, 0.3) is 11.1 Å². The Morgan fingerprint density at radius 3 is 2.77 bits per heavy atom. The Bertz CT molecular complexity index is 862. The Morgan fingerprint density at radius 1 is 1.23 bits per heavy atom. The molecule has 0 saturated heterocycles. The number of rotatable bonds is 4. The average Bonchev–Trinajstić information content (AvgIpc) is 2.86. The lowest BCUT2D eigenvalue weighted by atomic mass is 10.2. The molecule has 2 aromatic carbocycles. The van der Waals surface area contributed by atoms with Gasteiger partial charge in [0.25, 0.3) is 5.91 Å². The van der Waals surface area contributed by atoms with Crippen molar-refractivity contribution in [3.63, 3.8) is 0 Å². The lowest BCUT2D eigenvalue weighted by Gasteiger charge is -2.07. The molecule has 0 fully saturated rings. The summed E-state index contributed by atoms with van der Waals surface area (Å²) >= 11 is 0. The summed E-state index contributed by atoms with van der Waals surface area (Å²) in [5.41, 5.74) is 2.63. The van der Waals surface area contributed by atoms with Crippen LogP contribution in [-0.4, -0.2) is 17.5 Å². The summed E-state index contributed by atoms with van der Waals surface area (Å²) in [4.78, 5) is 25.5. The Morgan fingerprint density at radius 2 is 2.00 bits per heavy atom. The summed E-state index contributed by atoms with van der Waals surface area (Å²) in [7, 11) is 0. The molecular weight excluding hydrogens is 284 g/mol. The fourth-order valence-corrected chi connectivity index (χ4v) is 2.00. The van der Waals surface area contributed by atoms with Crippen LogP contribution >= 0.6 is 0 Å². The minimum Gasteiger partial charge on any atom is -0.484 e. The number of hydrogen-bond donors (Lipinski definition) is 2. The van der Waals surface area contributed by atoms with E-state index in [1.807, 2.05) is 31.2 Å². The molecule has 0 radical (unpaired) electrons. The number of aromatic amines is 1. The molecule has 2 N–H and O–H groups in total. The molecule has 0 aliphatic rings. The first-order valence-electron chi connectivity index (χ1n) is 6.72. The van der Waals surface area contributed by atoms with E-state index in [1.54, 1.807) is 18.2 Å². The third-order valence-electron chi connectivity index (χ3n) is 3.10. The molecule has 0 aliphatic heterocycles. The third kappa shape index (κ3) is 3.17. The number of aryl methyl sites for hydroxylation is 1. The minimum atomic E-state index is -0.527. The first-order chi connectivity index (χ1) is 10.6. The van der Waals surface area contributed by atoms with Gasteiger partial charge in [0, 0.05) is 11.8 Å². The summed E-state index contributed by atoms with van der Waals surface area (Å²) in [6.45, 7) is 1.88. The lowest BCUT2D eigenvalue weighted by Crippen LogP contribution is -2.20. The molecule has 0 unspecified atom stereocenters. The van der Waals surface area contributed by atoms with Gasteiger partial charge in [-0.3, -0.25) is 9.78 Å². The number of anilines is 1. The fraction of sp³-hybridized carbons (Fsp3) is 0.125. The molecule has 112 valence electrons. The van der Waals surface area contributed by atoms with Crippen LogP contribution in [0.15, 0.2) is 51.7 Å². The number of fused-ring (bicyclic) bond motifs is 1. The van der Waals surface area contributed by atoms with Crippen molar-refractivity contribution in [3.05, 3.63) is 58.6 Å². The number of amides is 1. The van der Waals surface area contributed by atoms with E-state index < -0.39 is 5.76 Å². The molecule has 0 spiro atoms. The molecule has 22 heavy (non-hydrogen) atoms. The first-order valence-corrected chi connectivity index (χ1v) is 6.72. The maximum atomic E-state index is 11.9. The molecule has 0 saturated carbocycles. The normalized spacial score (nSPS) is 10.6.